The van der Waals surface area contributed by atoms with Crippen molar-refractivity contribution in [1.29, 1.82) is 0 Å². The Labute approximate surface area is 118 Å². The summed E-state index contributed by atoms with van der Waals surface area (Å²) in [5.41, 5.74) is 2.29. The van der Waals surface area contributed by atoms with E-state index in [-0.39, 0.29) is 11.0 Å². The normalized spacial score (nSPS) is 15.5. The molecule has 1 aromatic heterocycles. The highest BCUT2D eigenvalue weighted by Crippen LogP contribution is 2.27. The van der Waals surface area contributed by atoms with Crippen molar-refractivity contribution in [3.05, 3.63) is 47.0 Å². The van der Waals surface area contributed by atoms with Crippen molar-refractivity contribution in [2.75, 3.05) is 0 Å². The predicted octanol–water partition coefficient (Wildman–Crippen LogP) is 1.21. The monoisotopic (exact) mass is 291 g/mol. The van der Waals surface area contributed by atoms with Crippen LogP contribution in [0.3, 0.4) is 0 Å². The quantitative estimate of drug-likeness (QED) is 0.852. The number of aryl methyl sites for hydroxylation is 2. The molecule has 1 heterocycles. The molecule has 0 aliphatic heterocycles. The van der Waals surface area contributed by atoms with E-state index in [4.69, 9.17) is 0 Å². The van der Waals surface area contributed by atoms with E-state index in [2.05, 4.69) is 10.1 Å². The Balaban J connectivity index is 1.80. The highest BCUT2D eigenvalue weighted by atomic mass is 32.2. The fourth-order valence-corrected chi connectivity index (χ4v) is 4.24. The average molecular weight is 291 g/mol. The van der Waals surface area contributed by atoms with Gasteiger partial charge in [0.2, 0.25) is 0 Å². The first-order valence-electron chi connectivity index (χ1n) is 6.60. The second-order valence-electron chi connectivity index (χ2n) is 5.31. The van der Waals surface area contributed by atoms with E-state index < -0.39 is 9.84 Å². The van der Waals surface area contributed by atoms with E-state index in [0.717, 1.165) is 17.0 Å². The largest absolute Gasteiger partial charge is 0.253 e. The minimum absolute atomic E-state index is 0.0761. The third-order valence-electron chi connectivity index (χ3n) is 3.88. The van der Waals surface area contributed by atoms with Gasteiger partial charge < -0.3 is 0 Å². The van der Waals surface area contributed by atoms with Gasteiger partial charge in [-0.3, -0.25) is 4.68 Å². The molecule has 0 fully saturated rings. The number of benzene rings is 1. The van der Waals surface area contributed by atoms with E-state index in [1.165, 1.54) is 0 Å². The zero-order valence-corrected chi connectivity index (χ0v) is 12.4. The van der Waals surface area contributed by atoms with Gasteiger partial charge in [-0.2, -0.15) is 5.10 Å². The molecule has 1 aromatic carbocycles. The Kier molecular flexibility index (Phi) is 3.12. The van der Waals surface area contributed by atoms with Crippen LogP contribution in [0.1, 0.15) is 22.8 Å². The van der Waals surface area contributed by atoms with Crippen LogP contribution in [0, 0.1) is 6.92 Å². The molecule has 106 valence electrons. The van der Waals surface area contributed by atoms with Crippen LogP contribution in [0.2, 0.25) is 0 Å². The van der Waals surface area contributed by atoms with Crippen molar-refractivity contribution >= 4 is 9.84 Å². The van der Waals surface area contributed by atoms with E-state index in [1.54, 1.807) is 11.7 Å². The third kappa shape index (κ3) is 2.35. The minimum atomic E-state index is -3.22. The number of hydrogen-bond donors (Lipinski definition) is 0. The molecular formula is C14H17N3O2S. The lowest BCUT2D eigenvalue weighted by molar-refractivity contribution is 0.578. The molecule has 2 aromatic rings. The second kappa shape index (κ2) is 4.70. The van der Waals surface area contributed by atoms with E-state index in [1.807, 2.05) is 31.2 Å². The van der Waals surface area contributed by atoms with Crippen molar-refractivity contribution in [2.45, 2.75) is 30.8 Å². The highest BCUT2D eigenvalue weighted by Gasteiger charge is 2.33. The summed E-state index contributed by atoms with van der Waals surface area (Å²) in [5.74, 6) is 1.04. The summed E-state index contributed by atoms with van der Waals surface area (Å²) in [7, 11) is -1.45. The van der Waals surface area contributed by atoms with Crippen LogP contribution in [0.15, 0.2) is 24.3 Å². The molecule has 6 heteroatoms. The van der Waals surface area contributed by atoms with Gasteiger partial charge >= 0.3 is 0 Å². The second-order valence-corrected chi connectivity index (χ2v) is 7.59. The van der Waals surface area contributed by atoms with Crippen LogP contribution in [-0.4, -0.2) is 28.4 Å². The Morgan fingerprint density at radius 1 is 1.25 bits per heavy atom. The lowest BCUT2D eigenvalue weighted by atomic mass is 10.1. The minimum Gasteiger partial charge on any atom is -0.253 e. The van der Waals surface area contributed by atoms with Gasteiger partial charge in [-0.05, 0) is 30.9 Å². The topological polar surface area (TPSA) is 64.8 Å². The molecule has 5 nitrogen and oxygen atoms in total. The van der Waals surface area contributed by atoms with Gasteiger partial charge in [-0.1, -0.05) is 24.3 Å². The molecule has 0 atom stereocenters. The summed E-state index contributed by atoms with van der Waals surface area (Å²) in [6, 6.07) is 7.93. The maximum absolute atomic E-state index is 12.5. The average Bonchev–Trinajstić information content (AvgIpc) is 2.93. The number of aromatic nitrogens is 3. The lowest BCUT2D eigenvalue weighted by Gasteiger charge is -2.08. The highest BCUT2D eigenvalue weighted by molar-refractivity contribution is 7.91. The van der Waals surface area contributed by atoms with Crippen molar-refractivity contribution in [3.8, 4) is 0 Å². The van der Waals surface area contributed by atoms with Crippen molar-refractivity contribution < 1.29 is 8.42 Å². The number of fused-ring (bicyclic) bond motifs is 1. The van der Waals surface area contributed by atoms with Gasteiger partial charge in [0.25, 0.3) is 0 Å². The molecule has 0 bridgehead atoms. The first-order chi connectivity index (χ1) is 9.45. The molecule has 0 N–H and O–H groups in total. The molecule has 0 saturated heterocycles. The van der Waals surface area contributed by atoms with Crippen LogP contribution < -0.4 is 0 Å². The Morgan fingerprint density at radius 3 is 2.35 bits per heavy atom. The van der Waals surface area contributed by atoms with Gasteiger partial charge in [-0.25, -0.2) is 13.4 Å². The molecule has 1 aliphatic carbocycles. The summed E-state index contributed by atoms with van der Waals surface area (Å²) in [4.78, 5) is 4.19. The van der Waals surface area contributed by atoms with Crippen molar-refractivity contribution in [1.82, 2.24) is 14.8 Å². The maximum Gasteiger partial charge on any atom is 0.165 e. The number of rotatable bonds is 3. The zero-order chi connectivity index (χ0) is 14.3. The Bertz CT molecular complexity index is 705. The van der Waals surface area contributed by atoms with Crippen molar-refractivity contribution in [2.24, 2.45) is 7.05 Å². The third-order valence-corrected chi connectivity index (χ3v) is 5.89. The molecular weight excluding hydrogens is 274 g/mol. The van der Waals surface area contributed by atoms with E-state index >= 15 is 0 Å². The van der Waals surface area contributed by atoms with E-state index in [0.29, 0.717) is 18.7 Å². The van der Waals surface area contributed by atoms with Gasteiger partial charge in [0.05, 0.1) is 5.25 Å². The standard InChI is InChI=1S/C14H17N3O2S/c1-10-15-14(16-17(10)2)9-20(18,19)13-7-11-5-3-4-6-12(11)8-13/h3-6,13H,7-9H2,1-2H3. The molecule has 0 saturated carbocycles. The first kappa shape index (κ1) is 13.3. The SMILES string of the molecule is Cc1nc(CS(=O)(=O)C2Cc3ccccc3C2)nn1C. The fraction of sp³-hybridized carbons (Fsp3) is 0.429. The zero-order valence-electron chi connectivity index (χ0n) is 11.6. The first-order valence-corrected chi connectivity index (χ1v) is 8.32. The summed E-state index contributed by atoms with van der Waals surface area (Å²) in [6.45, 7) is 1.81. The van der Waals surface area contributed by atoms with Gasteiger partial charge in [0, 0.05) is 7.05 Å². The summed E-state index contributed by atoms with van der Waals surface area (Å²) in [5, 5.41) is 3.80. The number of hydrogen-bond acceptors (Lipinski definition) is 4. The smallest absolute Gasteiger partial charge is 0.165 e. The number of nitrogens with zero attached hydrogens (tertiary/aromatic N) is 3. The molecule has 0 radical (unpaired) electrons. The van der Waals surface area contributed by atoms with Crippen LogP contribution in [0.4, 0.5) is 0 Å². The van der Waals surface area contributed by atoms with Gasteiger partial charge in [0.15, 0.2) is 15.7 Å². The van der Waals surface area contributed by atoms with Crippen LogP contribution in [0.5, 0.6) is 0 Å². The number of sulfone groups is 1. The Morgan fingerprint density at radius 2 is 1.85 bits per heavy atom. The molecule has 0 amide bonds. The summed E-state index contributed by atoms with van der Waals surface area (Å²) in [6.07, 6.45) is 1.20. The fourth-order valence-electron chi connectivity index (χ4n) is 2.66. The van der Waals surface area contributed by atoms with Crippen LogP contribution in [0.25, 0.3) is 0 Å². The molecule has 0 unspecified atom stereocenters. The molecule has 20 heavy (non-hydrogen) atoms. The predicted molar refractivity (Wildman–Crippen MR) is 76.0 cm³/mol. The van der Waals surface area contributed by atoms with Crippen LogP contribution >= 0.6 is 0 Å². The Hall–Kier alpha value is -1.69. The lowest BCUT2D eigenvalue weighted by Crippen LogP contribution is -2.24. The maximum atomic E-state index is 12.5. The molecule has 3 rings (SSSR count). The molecule has 0 spiro atoms. The van der Waals surface area contributed by atoms with Gasteiger partial charge in [0.1, 0.15) is 11.6 Å². The van der Waals surface area contributed by atoms with Crippen LogP contribution in [-0.2, 0) is 35.5 Å². The van der Waals surface area contributed by atoms with Gasteiger partial charge in [-0.15, -0.1) is 0 Å². The van der Waals surface area contributed by atoms with Crippen molar-refractivity contribution in [3.63, 3.8) is 0 Å². The summed E-state index contributed by atoms with van der Waals surface area (Å²) >= 11 is 0. The van der Waals surface area contributed by atoms with E-state index in [9.17, 15) is 8.42 Å². The molecule has 1 aliphatic rings. The summed E-state index contributed by atoms with van der Waals surface area (Å²) < 4.78 is 26.6.